The molecule has 1 aromatic rings. The van der Waals surface area contributed by atoms with Crippen LogP contribution in [0.2, 0.25) is 0 Å². The topological polar surface area (TPSA) is 55.1 Å². The summed E-state index contributed by atoms with van der Waals surface area (Å²) < 4.78 is 1.02. The van der Waals surface area contributed by atoms with Crippen LogP contribution in [-0.4, -0.2) is 11.4 Å². The number of rotatable bonds is 5. The number of nitrogens with two attached hydrogens (primary N) is 1. The normalized spacial score (nSPS) is 11.4. The lowest BCUT2D eigenvalue weighted by molar-refractivity contribution is -0.121. The lowest BCUT2D eigenvalue weighted by Crippen LogP contribution is -2.50. The highest BCUT2D eigenvalue weighted by molar-refractivity contribution is 9.10. The van der Waals surface area contributed by atoms with Crippen molar-refractivity contribution < 1.29 is 4.79 Å². The van der Waals surface area contributed by atoms with E-state index in [4.69, 9.17) is 5.73 Å². The van der Waals surface area contributed by atoms with E-state index in [2.05, 4.69) is 28.2 Å². The van der Waals surface area contributed by atoms with Crippen LogP contribution in [0.1, 0.15) is 39.2 Å². The van der Waals surface area contributed by atoms with E-state index in [9.17, 15) is 4.79 Å². The lowest BCUT2D eigenvalue weighted by atomic mass is 9.93. The minimum absolute atomic E-state index is 0.107. The van der Waals surface area contributed by atoms with E-state index >= 15 is 0 Å². The average molecular weight is 313 g/mol. The van der Waals surface area contributed by atoms with Crippen molar-refractivity contribution in [3.8, 4) is 0 Å². The van der Waals surface area contributed by atoms with Gasteiger partial charge in [-0.15, -0.1) is 0 Å². The first-order valence-corrected chi connectivity index (χ1v) is 7.14. The Morgan fingerprint density at radius 1 is 1.33 bits per heavy atom. The summed E-state index contributed by atoms with van der Waals surface area (Å²) in [7, 11) is 0. The molecule has 0 aliphatic heterocycles. The summed E-state index contributed by atoms with van der Waals surface area (Å²) in [5.41, 5.74) is 7.26. The van der Waals surface area contributed by atoms with Crippen LogP contribution in [0.4, 0.5) is 5.69 Å². The maximum Gasteiger partial charge on any atom is 0.244 e. The van der Waals surface area contributed by atoms with Crippen LogP contribution >= 0.6 is 15.9 Å². The first kappa shape index (κ1) is 15.2. The summed E-state index contributed by atoms with van der Waals surface area (Å²) in [5.74, 6) is -0.107. The zero-order valence-corrected chi connectivity index (χ0v) is 12.8. The lowest BCUT2D eigenvalue weighted by Gasteiger charge is -2.25. The van der Waals surface area contributed by atoms with E-state index in [1.807, 2.05) is 32.0 Å². The Morgan fingerprint density at radius 2 is 1.94 bits per heavy atom. The van der Waals surface area contributed by atoms with Crippen molar-refractivity contribution in [3.05, 3.63) is 28.2 Å². The number of hydrogen-bond donors (Lipinski definition) is 2. The Bertz CT molecular complexity index is 428. The first-order valence-electron chi connectivity index (χ1n) is 6.35. The van der Waals surface area contributed by atoms with E-state index in [1.165, 1.54) is 0 Å². The minimum Gasteiger partial charge on any atom is -0.324 e. The zero-order chi connectivity index (χ0) is 13.8. The fourth-order valence-corrected chi connectivity index (χ4v) is 2.20. The molecule has 1 rings (SSSR count). The molecule has 1 amide bonds. The molecule has 0 spiro atoms. The quantitative estimate of drug-likeness (QED) is 0.874. The first-order chi connectivity index (χ1) is 8.46. The second-order valence-corrected chi connectivity index (χ2v) is 5.39. The standard InChI is InChI=1S/C14H21BrN2O/c1-4-10-9-11(15)7-8-12(10)17-13(18)14(16,5-2)6-3/h7-9H,4-6,16H2,1-3H3,(H,17,18). The van der Waals surface area contributed by atoms with Gasteiger partial charge in [0.25, 0.3) is 0 Å². The maximum atomic E-state index is 12.2. The van der Waals surface area contributed by atoms with Crippen LogP contribution in [0, 0.1) is 0 Å². The van der Waals surface area contributed by atoms with E-state index < -0.39 is 5.54 Å². The van der Waals surface area contributed by atoms with Crippen molar-refractivity contribution in [1.82, 2.24) is 0 Å². The third kappa shape index (κ3) is 3.33. The van der Waals surface area contributed by atoms with Crippen molar-refractivity contribution in [1.29, 1.82) is 0 Å². The fourth-order valence-electron chi connectivity index (χ4n) is 1.79. The molecule has 0 radical (unpaired) electrons. The molecule has 0 aliphatic carbocycles. The molecule has 0 fully saturated rings. The molecule has 4 heteroatoms. The van der Waals surface area contributed by atoms with Crippen molar-refractivity contribution in [2.24, 2.45) is 5.73 Å². The van der Waals surface area contributed by atoms with Crippen LogP contribution in [0.5, 0.6) is 0 Å². The molecule has 0 saturated carbocycles. The van der Waals surface area contributed by atoms with Gasteiger partial charge in [0.2, 0.25) is 5.91 Å². The van der Waals surface area contributed by atoms with Gasteiger partial charge in [-0.25, -0.2) is 0 Å². The van der Waals surface area contributed by atoms with Gasteiger partial charge in [0.05, 0.1) is 5.54 Å². The SMILES string of the molecule is CCc1cc(Br)ccc1NC(=O)C(N)(CC)CC. The number of amides is 1. The minimum atomic E-state index is -0.780. The van der Waals surface area contributed by atoms with E-state index in [-0.39, 0.29) is 5.91 Å². The monoisotopic (exact) mass is 312 g/mol. The highest BCUT2D eigenvalue weighted by Gasteiger charge is 2.30. The van der Waals surface area contributed by atoms with Crippen molar-refractivity contribution in [2.75, 3.05) is 5.32 Å². The van der Waals surface area contributed by atoms with Gasteiger partial charge < -0.3 is 11.1 Å². The molecular formula is C14H21BrN2O. The smallest absolute Gasteiger partial charge is 0.244 e. The van der Waals surface area contributed by atoms with E-state index in [0.717, 1.165) is 22.1 Å². The van der Waals surface area contributed by atoms with Gasteiger partial charge in [-0.2, -0.15) is 0 Å². The van der Waals surface area contributed by atoms with E-state index in [0.29, 0.717) is 12.8 Å². The van der Waals surface area contributed by atoms with Gasteiger partial charge in [0.1, 0.15) is 0 Å². The number of halogens is 1. The molecule has 0 heterocycles. The molecule has 3 N–H and O–H groups in total. The van der Waals surface area contributed by atoms with Crippen LogP contribution in [0.25, 0.3) is 0 Å². The molecular weight excluding hydrogens is 292 g/mol. The van der Waals surface area contributed by atoms with Crippen LogP contribution < -0.4 is 11.1 Å². The Morgan fingerprint density at radius 3 is 2.44 bits per heavy atom. The average Bonchev–Trinajstić information content (AvgIpc) is 2.39. The molecule has 100 valence electrons. The van der Waals surface area contributed by atoms with Gasteiger partial charge in [-0.3, -0.25) is 4.79 Å². The Balaban J connectivity index is 2.94. The Labute approximate surface area is 117 Å². The van der Waals surface area contributed by atoms with E-state index in [1.54, 1.807) is 0 Å². The Kier molecular flexibility index (Phi) is 5.35. The molecule has 1 aromatic carbocycles. The van der Waals surface area contributed by atoms with Crippen LogP contribution in [0.15, 0.2) is 22.7 Å². The maximum absolute atomic E-state index is 12.2. The highest BCUT2D eigenvalue weighted by Crippen LogP contribution is 2.23. The second kappa shape index (κ2) is 6.34. The molecule has 0 atom stereocenters. The molecule has 0 aliphatic rings. The number of hydrogen-bond acceptors (Lipinski definition) is 2. The number of aryl methyl sites for hydroxylation is 1. The largest absolute Gasteiger partial charge is 0.324 e. The Hall–Kier alpha value is -0.870. The van der Waals surface area contributed by atoms with Crippen LogP contribution in [0.3, 0.4) is 0 Å². The molecule has 18 heavy (non-hydrogen) atoms. The van der Waals surface area contributed by atoms with Crippen molar-refractivity contribution in [3.63, 3.8) is 0 Å². The summed E-state index contributed by atoms with van der Waals surface area (Å²) in [6.45, 7) is 5.93. The zero-order valence-electron chi connectivity index (χ0n) is 11.2. The predicted octanol–water partition coefficient (Wildman–Crippen LogP) is 3.47. The summed E-state index contributed by atoms with van der Waals surface area (Å²) in [5, 5.41) is 2.95. The van der Waals surface area contributed by atoms with Gasteiger partial charge in [-0.1, -0.05) is 36.7 Å². The third-order valence-electron chi connectivity index (χ3n) is 3.41. The number of carbonyl (C=O) groups is 1. The molecule has 0 saturated heterocycles. The van der Waals surface area contributed by atoms with Gasteiger partial charge >= 0.3 is 0 Å². The van der Waals surface area contributed by atoms with Gasteiger partial charge in [0, 0.05) is 10.2 Å². The summed E-state index contributed by atoms with van der Waals surface area (Å²) in [6, 6.07) is 5.85. The molecule has 3 nitrogen and oxygen atoms in total. The molecule has 0 aromatic heterocycles. The second-order valence-electron chi connectivity index (χ2n) is 4.47. The third-order valence-corrected chi connectivity index (χ3v) is 3.90. The molecule has 0 unspecified atom stereocenters. The predicted molar refractivity (Wildman–Crippen MR) is 79.7 cm³/mol. The summed E-state index contributed by atoms with van der Waals surface area (Å²) in [4.78, 5) is 12.2. The fraction of sp³-hybridized carbons (Fsp3) is 0.500. The van der Waals surface area contributed by atoms with Crippen molar-refractivity contribution >= 4 is 27.5 Å². The summed E-state index contributed by atoms with van der Waals surface area (Å²) in [6.07, 6.45) is 2.13. The number of carbonyl (C=O) groups excluding carboxylic acids is 1. The van der Waals surface area contributed by atoms with Gasteiger partial charge in [0.15, 0.2) is 0 Å². The van der Waals surface area contributed by atoms with Crippen molar-refractivity contribution in [2.45, 2.75) is 45.6 Å². The molecule has 0 bridgehead atoms. The highest BCUT2D eigenvalue weighted by atomic mass is 79.9. The summed E-state index contributed by atoms with van der Waals surface area (Å²) >= 11 is 3.43. The number of benzene rings is 1. The number of anilines is 1. The van der Waals surface area contributed by atoms with Gasteiger partial charge in [-0.05, 0) is 43.0 Å². The van der Waals surface area contributed by atoms with Crippen LogP contribution in [-0.2, 0) is 11.2 Å². The number of nitrogens with one attached hydrogen (secondary N) is 1.